The molecule has 6 rings (SSSR count). The van der Waals surface area contributed by atoms with Crippen LogP contribution in [0.3, 0.4) is 0 Å². The molecule has 0 radical (unpaired) electrons. The van der Waals surface area contributed by atoms with E-state index in [0.717, 1.165) is 11.4 Å². The van der Waals surface area contributed by atoms with Crippen molar-refractivity contribution >= 4 is 60.4 Å². The van der Waals surface area contributed by atoms with Gasteiger partial charge in [0.15, 0.2) is 0 Å². The standard InChI is InChI=1S/2C13H9NS.C5H6O4/c2*1-2-7-12-10(5-1)9-13(15-12)11-6-3-4-8-14-11;1-3(6)2-4(7)5(8)9/h2*1-9H;2H2,1H3,(H,8,9). The Morgan fingerprint density at radius 1 is 0.667 bits per heavy atom. The highest BCUT2D eigenvalue weighted by Gasteiger charge is 2.12. The number of pyridine rings is 2. The van der Waals surface area contributed by atoms with Gasteiger partial charge in [0.1, 0.15) is 5.78 Å². The largest absolute Gasteiger partial charge is 0.475 e. The molecule has 8 heteroatoms. The zero-order chi connectivity index (χ0) is 27.6. The Balaban J connectivity index is 0.000000141. The van der Waals surface area contributed by atoms with Crippen LogP contribution in [0.15, 0.2) is 109 Å². The van der Waals surface area contributed by atoms with Crippen molar-refractivity contribution in [2.24, 2.45) is 0 Å². The van der Waals surface area contributed by atoms with Crippen molar-refractivity contribution in [3.05, 3.63) is 109 Å². The van der Waals surface area contributed by atoms with Crippen LogP contribution in [0.2, 0.25) is 0 Å². The zero-order valence-corrected chi connectivity index (χ0v) is 22.6. The molecule has 0 aliphatic rings. The SMILES string of the molecule is CC(=O)CC(=O)C(=O)O.c1ccc(-c2cc3ccccc3s2)nc1.c1ccc(-c2cc3ccccc3s2)nc1. The van der Waals surface area contributed by atoms with Gasteiger partial charge in [-0.15, -0.1) is 22.7 Å². The van der Waals surface area contributed by atoms with E-state index in [0.29, 0.717) is 0 Å². The number of carbonyl (C=O) groups is 3. The van der Waals surface area contributed by atoms with E-state index in [-0.39, 0.29) is 0 Å². The van der Waals surface area contributed by atoms with Crippen LogP contribution in [-0.2, 0) is 14.4 Å². The summed E-state index contributed by atoms with van der Waals surface area (Å²) in [7, 11) is 0. The maximum absolute atomic E-state index is 10.1. The number of hydrogen-bond donors (Lipinski definition) is 1. The maximum atomic E-state index is 10.1. The Morgan fingerprint density at radius 3 is 1.44 bits per heavy atom. The summed E-state index contributed by atoms with van der Waals surface area (Å²) in [5.41, 5.74) is 2.11. The molecule has 0 saturated heterocycles. The van der Waals surface area contributed by atoms with Crippen molar-refractivity contribution in [2.75, 3.05) is 0 Å². The lowest BCUT2D eigenvalue weighted by Crippen LogP contribution is -2.15. The van der Waals surface area contributed by atoms with E-state index in [4.69, 9.17) is 5.11 Å². The molecule has 0 fully saturated rings. The van der Waals surface area contributed by atoms with Crippen molar-refractivity contribution in [1.29, 1.82) is 0 Å². The molecule has 4 heterocycles. The minimum absolute atomic E-state index is 0.428. The van der Waals surface area contributed by atoms with E-state index in [2.05, 4.69) is 70.6 Å². The fourth-order valence-electron chi connectivity index (χ4n) is 3.53. The van der Waals surface area contributed by atoms with Gasteiger partial charge in [0.25, 0.3) is 0 Å². The molecule has 0 amide bonds. The van der Waals surface area contributed by atoms with Crippen LogP contribution in [0.1, 0.15) is 13.3 Å². The van der Waals surface area contributed by atoms with Gasteiger partial charge in [0.2, 0.25) is 5.78 Å². The monoisotopic (exact) mass is 552 g/mol. The van der Waals surface area contributed by atoms with Crippen LogP contribution in [0.25, 0.3) is 41.3 Å². The Morgan fingerprint density at radius 2 is 1.10 bits per heavy atom. The van der Waals surface area contributed by atoms with Crippen molar-refractivity contribution in [3.63, 3.8) is 0 Å². The highest BCUT2D eigenvalue weighted by Crippen LogP contribution is 2.32. The number of aliphatic carboxylic acids is 1. The van der Waals surface area contributed by atoms with E-state index in [1.807, 2.05) is 48.8 Å². The third-order valence-electron chi connectivity index (χ3n) is 5.33. The van der Waals surface area contributed by atoms with Crippen molar-refractivity contribution in [2.45, 2.75) is 13.3 Å². The molecule has 0 unspecified atom stereocenters. The van der Waals surface area contributed by atoms with Gasteiger partial charge in [0, 0.05) is 21.8 Å². The normalized spacial score (nSPS) is 10.2. The van der Waals surface area contributed by atoms with Crippen molar-refractivity contribution in [1.82, 2.24) is 9.97 Å². The molecule has 0 bridgehead atoms. The molecular formula is C31H24N2O4S2. The van der Waals surface area contributed by atoms with Crippen LogP contribution >= 0.6 is 22.7 Å². The number of fused-ring (bicyclic) bond motifs is 2. The minimum Gasteiger partial charge on any atom is -0.475 e. The number of hydrogen-bond acceptors (Lipinski definition) is 7. The summed E-state index contributed by atoms with van der Waals surface area (Å²) >= 11 is 3.58. The number of aromatic nitrogens is 2. The Hall–Kier alpha value is -4.53. The Labute approximate surface area is 233 Å². The van der Waals surface area contributed by atoms with E-state index in [1.165, 1.54) is 36.9 Å². The molecule has 1 N–H and O–H groups in total. The number of ketones is 2. The van der Waals surface area contributed by atoms with Crippen molar-refractivity contribution < 1.29 is 19.5 Å². The highest BCUT2D eigenvalue weighted by atomic mass is 32.1. The quantitative estimate of drug-likeness (QED) is 0.175. The van der Waals surface area contributed by atoms with Crippen LogP contribution in [-0.4, -0.2) is 32.6 Å². The van der Waals surface area contributed by atoms with Gasteiger partial charge in [-0.3, -0.25) is 19.6 Å². The smallest absolute Gasteiger partial charge is 0.372 e. The summed E-state index contributed by atoms with van der Waals surface area (Å²) in [6, 6.07) is 33.2. The Kier molecular flexibility index (Phi) is 9.39. The summed E-state index contributed by atoms with van der Waals surface area (Å²) in [4.78, 5) is 41.1. The second kappa shape index (κ2) is 13.3. The lowest BCUT2D eigenvalue weighted by molar-refractivity contribution is -0.150. The summed E-state index contributed by atoms with van der Waals surface area (Å²) in [5, 5.41) is 10.5. The van der Waals surface area contributed by atoms with E-state index >= 15 is 0 Å². The fraction of sp³-hybridized carbons (Fsp3) is 0.0645. The molecule has 0 atom stereocenters. The molecule has 39 heavy (non-hydrogen) atoms. The van der Waals surface area contributed by atoms with Crippen LogP contribution in [0.5, 0.6) is 0 Å². The molecule has 0 aliphatic heterocycles. The average molecular weight is 553 g/mol. The van der Waals surface area contributed by atoms with E-state index < -0.39 is 24.0 Å². The van der Waals surface area contributed by atoms with Gasteiger partial charge in [0.05, 0.1) is 27.6 Å². The molecule has 6 nitrogen and oxygen atoms in total. The molecule has 4 aromatic heterocycles. The molecule has 0 aliphatic carbocycles. The van der Waals surface area contributed by atoms with Gasteiger partial charge < -0.3 is 5.11 Å². The van der Waals surface area contributed by atoms with Gasteiger partial charge in [-0.1, -0.05) is 48.5 Å². The number of carbonyl (C=O) groups excluding carboxylic acids is 2. The maximum Gasteiger partial charge on any atom is 0.372 e. The van der Waals surface area contributed by atoms with Crippen LogP contribution in [0.4, 0.5) is 0 Å². The third-order valence-corrected chi connectivity index (χ3v) is 7.61. The predicted octanol–water partition coefficient (Wildman–Crippen LogP) is 7.55. The lowest BCUT2D eigenvalue weighted by Gasteiger charge is -1.92. The second-order valence-electron chi connectivity index (χ2n) is 8.33. The van der Waals surface area contributed by atoms with Crippen LogP contribution in [0, 0.1) is 0 Å². The number of Topliss-reactive ketones (excluding diaryl/α,β-unsaturated/α-hetero) is 2. The predicted molar refractivity (Wildman–Crippen MR) is 158 cm³/mol. The highest BCUT2D eigenvalue weighted by molar-refractivity contribution is 7.22. The van der Waals surface area contributed by atoms with Gasteiger partial charge in [-0.05, 0) is 66.2 Å². The topological polar surface area (TPSA) is 97.2 Å². The number of thiophene rings is 2. The fourth-order valence-corrected chi connectivity index (χ4v) is 5.61. The number of rotatable bonds is 5. The summed E-state index contributed by atoms with van der Waals surface area (Å²) in [6.07, 6.45) is 3.16. The summed E-state index contributed by atoms with van der Waals surface area (Å²) in [6.45, 7) is 1.17. The summed E-state index contributed by atoms with van der Waals surface area (Å²) in [5.74, 6) is -3.03. The number of carboxylic acid groups (broad SMARTS) is 1. The zero-order valence-electron chi connectivity index (χ0n) is 21.0. The molecule has 6 aromatic rings. The van der Waals surface area contributed by atoms with Gasteiger partial charge in [-0.25, -0.2) is 4.79 Å². The molecule has 0 spiro atoms. The van der Waals surface area contributed by atoms with Crippen LogP contribution < -0.4 is 0 Å². The lowest BCUT2D eigenvalue weighted by atomic mass is 10.2. The minimum atomic E-state index is -1.55. The first-order chi connectivity index (χ1) is 18.9. The first kappa shape index (κ1) is 27.5. The average Bonchev–Trinajstić information content (AvgIpc) is 3.59. The second-order valence-corrected chi connectivity index (χ2v) is 10.5. The van der Waals surface area contributed by atoms with Gasteiger partial charge >= 0.3 is 5.97 Å². The summed E-state index contributed by atoms with van der Waals surface area (Å²) < 4.78 is 2.64. The molecule has 194 valence electrons. The molecular weight excluding hydrogens is 528 g/mol. The molecule has 0 saturated carbocycles. The molecule has 2 aromatic carbocycles. The Bertz CT molecular complexity index is 1530. The van der Waals surface area contributed by atoms with E-state index in [9.17, 15) is 14.4 Å². The number of benzene rings is 2. The first-order valence-electron chi connectivity index (χ1n) is 12.0. The van der Waals surface area contributed by atoms with E-state index in [1.54, 1.807) is 22.7 Å². The van der Waals surface area contributed by atoms with Gasteiger partial charge in [-0.2, -0.15) is 0 Å². The third kappa shape index (κ3) is 7.73. The first-order valence-corrected chi connectivity index (χ1v) is 13.6. The number of carboxylic acids is 1. The van der Waals surface area contributed by atoms with Crippen molar-refractivity contribution in [3.8, 4) is 21.1 Å². The number of nitrogens with zero attached hydrogens (tertiary/aromatic N) is 2.